The molecule has 1 aromatic heterocycles. The molecule has 0 bridgehead atoms. The molecule has 0 aliphatic rings. The highest BCUT2D eigenvalue weighted by atomic mass is 35.5. The fraction of sp³-hybridized carbons (Fsp3) is 0.375. The fourth-order valence-corrected chi connectivity index (χ4v) is 1.21. The molecule has 14 heavy (non-hydrogen) atoms. The molecule has 0 spiro atoms. The fourth-order valence-electron chi connectivity index (χ4n) is 0.963. The predicted molar refractivity (Wildman–Crippen MR) is 55.0 cm³/mol. The topological polar surface area (TPSA) is 78.8 Å². The molecule has 0 atom stereocenters. The molecule has 0 aromatic carbocycles. The molecule has 0 saturated carbocycles. The third-order valence-corrected chi connectivity index (χ3v) is 2.08. The Kier molecular flexibility index (Phi) is 3.48. The monoisotopic (exact) mass is 211 g/mol. The lowest BCUT2D eigenvalue weighted by Gasteiger charge is -2.17. The molecule has 0 radical (unpaired) electrons. The first kappa shape index (κ1) is 10.5. The van der Waals surface area contributed by atoms with Crippen molar-refractivity contribution in [2.45, 2.75) is 6.42 Å². The molecule has 0 aliphatic heterocycles. The summed E-state index contributed by atoms with van der Waals surface area (Å²) in [7, 11) is 1.80. The molecule has 0 amide bonds. The number of rotatable bonds is 3. The van der Waals surface area contributed by atoms with Gasteiger partial charge in [0.15, 0.2) is 5.82 Å². The lowest BCUT2D eigenvalue weighted by molar-refractivity contribution is 0.880. The van der Waals surface area contributed by atoms with Gasteiger partial charge in [0.2, 0.25) is 0 Å². The van der Waals surface area contributed by atoms with Gasteiger partial charge in [-0.3, -0.25) is 0 Å². The summed E-state index contributed by atoms with van der Waals surface area (Å²) >= 11 is 5.89. The predicted octanol–water partition coefficient (Wildman–Crippen LogP) is 1.06. The number of nitrogens with zero attached hydrogens (tertiary/aromatic N) is 4. The highest BCUT2D eigenvalue weighted by molar-refractivity contribution is 6.35. The lowest BCUT2D eigenvalue weighted by atomic mass is 10.4. The minimum absolute atomic E-state index is 0.250. The summed E-state index contributed by atoms with van der Waals surface area (Å²) < 4.78 is 0. The first-order chi connectivity index (χ1) is 6.66. The van der Waals surface area contributed by atoms with E-state index in [1.807, 2.05) is 6.07 Å². The maximum atomic E-state index is 8.42. The first-order valence-corrected chi connectivity index (χ1v) is 4.38. The number of nitrogens with two attached hydrogens (primary N) is 1. The molecular weight excluding hydrogens is 202 g/mol. The van der Waals surface area contributed by atoms with Gasteiger partial charge in [-0.1, -0.05) is 11.6 Å². The summed E-state index contributed by atoms with van der Waals surface area (Å²) in [5.41, 5.74) is 5.51. The van der Waals surface area contributed by atoms with Crippen molar-refractivity contribution in [3.8, 4) is 6.07 Å². The molecule has 0 fully saturated rings. The zero-order valence-corrected chi connectivity index (χ0v) is 8.49. The van der Waals surface area contributed by atoms with Crippen LogP contribution < -0.4 is 10.6 Å². The summed E-state index contributed by atoms with van der Waals surface area (Å²) in [4.78, 5) is 9.50. The number of aromatic nitrogens is 2. The van der Waals surface area contributed by atoms with E-state index in [1.54, 1.807) is 11.9 Å². The Morgan fingerprint density at radius 2 is 2.36 bits per heavy atom. The van der Waals surface area contributed by atoms with E-state index < -0.39 is 0 Å². The zero-order chi connectivity index (χ0) is 10.6. The van der Waals surface area contributed by atoms with Crippen LogP contribution in [0.1, 0.15) is 6.42 Å². The average Bonchev–Trinajstić information content (AvgIpc) is 2.18. The molecule has 0 saturated heterocycles. The standard InChI is InChI=1S/C8H10ClN5/c1-14(4-2-3-10)8-6(9)7(11)12-5-13-8/h5H,2,4H2,1H3,(H2,11,12,13). The second-order valence-corrected chi connectivity index (χ2v) is 3.10. The molecular formula is C8H10ClN5. The highest BCUT2D eigenvalue weighted by Gasteiger charge is 2.10. The number of anilines is 2. The van der Waals surface area contributed by atoms with E-state index >= 15 is 0 Å². The quantitative estimate of drug-likeness (QED) is 0.809. The van der Waals surface area contributed by atoms with E-state index in [4.69, 9.17) is 22.6 Å². The Morgan fingerprint density at radius 3 is 3.00 bits per heavy atom. The van der Waals surface area contributed by atoms with Crippen molar-refractivity contribution in [2.24, 2.45) is 0 Å². The third-order valence-electron chi connectivity index (χ3n) is 1.72. The number of hydrogen-bond donors (Lipinski definition) is 1. The molecule has 1 rings (SSSR count). The van der Waals surface area contributed by atoms with Crippen LogP contribution in [0.25, 0.3) is 0 Å². The summed E-state index contributed by atoms with van der Waals surface area (Å²) in [6.45, 7) is 0.562. The van der Waals surface area contributed by atoms with Crippen molar-refractivity contribution in [1.82, 2.24) is 9.97 Å². The smallest absolute Gasteiger partial charge is 0.152 e. The second kappa shape index (κ2) is 4.63. The van der Waals surface area contributed by atoms with E-state index in [1.165, 1.54) is 6.33 Å². The summed E-state index contributed by atoms with van der Waals surface area (Å²) in [6, 6.07) is 2.04. The number of halogens is 1. The van der Waals surface area contributed by atoms with Gasteiger partial charge in [0.05, 0.1) is 12.5 Å². The summed E-state index contributed by atoms with van der Waals surface area (Å²) in [6.07, 6.45) is 1.76. The lowest BCUT2D eigenvalue weighted by Crippen LogP contribution is -2.20. The number of nitriles is 1. The molecule has 1 heterocycles. The minimum Gasteiger partial charge on any atom is -0.382 e. The third kappa shape index (κ3) is 2.24. The van der Waals surface area contributed by atoms with Crippen LogP contribution in [-0.4, -0.2) is 23.6 Å². The van der Waals surface area contributed by atoms with Gasteiger partial charge < -0.3 is 10.6 Å². The van der Waals surface area contributed by atoms with E-state index in [0.717, 1.165) is 0 Å². The number of hydrogen-bond acceptors (Lipinski definition) is 5. The molecule has 0 aliphatic carbocycles. The van der Waals surface area contributed by atoms with E-state index in [0.29, 0.717) is 23.8 Å². The Morgan fingerprint density at radius 1 is 1.64 bits per heavy atom. The maximum Gasteiger partial charge on any atom is 0.152 e. The van der Waals surface area contributed by atoms with Crippen molar-refractivity contribution >= 4 is 23.2 Å². The van der Waals surface area contributed by atoms with Gasteiger partial charge in [-0.15, -0.1) is 0 Å². The van der Waals surface area contributed by atoms with Crippen LogP contribution in [0.4, 0.5) is 11.6 Å². The highest BCUT2D eigenvalue weighted by Crippen LogP contribution is 2.25. The Balaban J connectivity index is 2.85. The molecule has 2 N–H and O–H groups in total. The minimum atomic E-state index is 0.250. The van der Waals surface area contributed by atoms with Crippen molar-refractivity contribution in [3.05, 3.63) is 11.3 Å². The molecule has 0 unspecified atom stereocenters. The SMILES string of the molecule is CN(CCC#N)c1ncnc(N)c1Cl. The van der Waals surface area contributed by atoms with Crippen LogP contribution in [0, 0.1) is 11.3 Å². The van der Waals surface area contributed by atoms with Gasteiger partial charge >= 0.3 is 0 Å². The summed E-state index contributed by atoms with van der Waals surface area (Å²) in [5, 5.41) is 8.75. The first-order valence-electron chi connectivity index (χ1n) is 4.01. The molecule has 5 nitrogen and oxygen atoms in total. The number of nitrogen functional groups attached to an aromatic ring is 1. The average molecular weight is 212 g/mol. The van der Waals surface area contributed by atoms with Crippen LogP contribution in [0.2, 0.25) is 5.02 Å². The van der Waals surface area contributed by atoms with Gasteiger partial charge in [-0.2, -0.15) is 5.26 Å². The maximum absolute atomic E-state index is 8.42. The Labute approximate surface area is 87.1 Å². The zero-order valence-electron chi connectivity index (χ0n) is 7.74. The van der Waals surface area contributed by atoms with Crippen LogP contribution in [-0.2, 0) is 0 Å². The normalized spacial score (nSPS) is 9.50. The Bertz CT molecular complexity index is 359. The summed E-state index contributed by atoms with van der Waals surface area (Å²) in [5.74, 6) is 0.801. The van der Waals surface area contributed by atoms with Gasteiger partial charge in [-0.05, 0) is 0 Å². The van der Waals surface area contributed by atoms with Crippen molar-refractivity contribution in [2.75, 3.05) is 24.2 Å². The van der Waals surface area contributed by atoms with Gasteiger partial charge in [0, 0.05) is 13.6 Å². The van der Waals surface area contributed by atoms with Crippen LogP contribution in [0.5, 0.6) is 0 Å². The van der Waals surface area contributed by atoms with Crippen molar-refractivity contribution < 1.29 is 0 Å². The van der Waals surface area contributed by atoms with Crippen LogP contribution >= 0.6 is 11.6 Å². The van der Waals surface area contributed by atoms with Gasteiger partial charge in [0.25, 0.3) is 0 Å². The molecule has 1 aromatic rings. The van der Waals surface area contributed by atoms with E-state index in [9.17, 15) is 0 Å². The molecule has 6 heteroatoms. The van der Waals surface area contributed by atoms with Crippen molar-refractivity contribution in [1.29, 1.82) is 5.26 Å². The van der Waals surface area contributed by atoms with Crippen LogP contribution in [0.15, 0.2) is 6.33 Å². The van der Waals surface area contributed by atoms with E-state index in [-0.39, 0.29) is 5.82 Å². The molecule has 74 valence electrons. The van der Waals surface area contributed by atoms with E-state index in [2.05, 4.69) is 9.97 Å². The largest absolute Gasteiger partial charge is 0.382 e. The van der Waals surface area contributed by atoms with Crippen LogP contribution in [0.3, 0.4) is 0 Å². The van der Waals surface area contributed by atoms with Gasteiger partial charge in [-0.25, -0.2) is 9.97 Å². The van der Waals surface area contributed by atoms with Crippen molar-refractivity contribution in [3.63, 3.8) is 0 Å². The van der Waals surface area contributed by atoms with Gasteiger partial charge in [0.1, 0.15) is 17.2 Å². The second-order valence-electron chi connectivity index (χ2n) is 2.73. The Hall–Kier alpha value is -1.54.